The quantitative estimate of drug-likeness (QED) is 0.385. The molecule has 0 bridgehead atoms. The molecule has 2 heterocycles. The number of aryl methyl sites for hydroxylation is 2. The van der Waals surface area contributed by atoms with Crippen molar-refractivity contribution in [2.75, 3.05) is 12.9 Å². The van der Waals surface area contributed by atoms with Crippen LogP contribution in [0, 0.1) is 25.2 Å². The Kier molecular flexibility index (Phi) is 5.61. The molecule has 3 rings (SSSR count). The third-order valence-electron chi connectivity index (χ3n) is 4.00. The van der Waals surface area contributed by atoms with Crippen LogP contribution < -0.4 is 15.0 Å². The molecule has 2 aromatic heterocycles. The number of H-pyrrole nitrogens is 1. The summed E-state index contributed by atoms with van der Waals surface area (Å²) in [4.78, 5) is 29.1. The van der Waals surface area contributed by atoms with Crippen LogP contribution in [0.4, 0.5) is 0 Å². The molecule has 0 radical (unpaired) electrons. The second-order valence-corrected chi connectivity index (χ2v) is 6.91. The van der Waals surface area contributed by atoms with E-state index in [2.05, 4.69) is 16.3 Å². The first kappa shape index (κ1) is 19.4. The van der Waals surface area contributed by atoms with Crippen LogP contribution in [0.5, 0.6) is 5.75 Å². The lowest BCUT2D eigenvalue weighted by molar-refractivity contribution is -0.672. The molecule has 0 aliphatic rings. The van der Waals surface area contributed by atoms with E-state index in [-0.39, 0.29) is 11.4 Å². The van der Waals surface area contributed by atoms with Crippen molar-refractivity contribution < 1.29 is 18.7 Å². The summed E-state index contributed by atoms with van der Waals surface area (Å²) in [5.74, 6) is 0.132. The summed E-state index contributed by atoms with van der Waals surface area (Å²) in [5.41, 5.74) is 1.60. The summed E-state index contributed by atoms with van der Waals surface area (Å²) in [5, 5.41) is 12.2. The van der Waals surface area contributed by atoms with Gasteiger partial charge in [0, 0.05) is 17.8 Å². The van der Waals surface area contributed by atoms with Gasteiger partial charge in [0.25, 0.3) is 0 Å². The number of aromatic nitrogens is 3. The highest BCUT2D eigenvalue weighted by Gasteiger charge is 2.30. The van der Waals surface area contributed by atoms with Crippen molar-refractivity contribution >= 4 is 17.5 Å². The molecule has 0 amide bonds. The van der Waals surface area contributed by atoms with Crippen molar-refractivity contribution in [3.8, 4) is 17.5 Å². The lowest BCUT2D eigenvalue weighted by Crippen LogP contribution is -2.41. The number of nitrogens with zero attached hydrogens (tertiary/aromatic N) is 3. The number of carbonyl (C=O) groups is 1. The van der Waals surface area contributed by atoms with Crippen LogP contribution >= 0.6 is 11.8 Å². The number of hydrogen-bond donors (Lipinski definition) is 1. The van der Waals surface area contributed by atoms with E-state index >= 15 is 0 Å². The first-order valence-electron chi connectivity index (χ1n) is 8.27. The monoisotopic (exact) mass is 397 g/mol. The van der Waals surface area contributed by atoms with Crippen LogP contribution in [-0.2, 0) is 0 Å². The zero-order valence-corrected chi connectivity index (χ0v) is 16.3. The SMILES string of the molecule is COc1ccc(-[n+]2[nH]oc(=O)c2C(=O)CSc2nc(C)cc(C)c2C#N)cc1. The summed E-state index contributed by atoms with van der Waals surface area (Å²) in [6, 6.07) is 10.7. The minimum absolute atomic E-state index is 0.0661. The Morgan fingerprint density at radius 2 is 2.07 bits per heavy atom. The number of thioether (sulfide) groups is 1. The topological polar surface area (TPSA) is 113 Å². The van der Waals surface area contributed by atoms with E-state index in [1.807, 2.05) is 19.9 Å². The summed E-state index contributed by atoms with van der Waals surface area (Å²) in [6.45, 7) is 3.63. The minimum atomic E-state index is -0.768. The maximum atomic E-state index is 12.7. The molecular formula is C19H17N4O4S+. The lowest BCUT2D eigenvalue weighted by Gasteiger charge is -2.06. The van der Waals surface area contributed by atoms with Gasteiger partial charge in [0.1, 0.15) is 16.8 Å². The van der Waals surface area contributed by atoms with Gasteiger partial charge in [-0.1, -0.05) is 11.8 Å². The number of Topliss-reactive ketones (excluding diaryl/α,β-unsaturated/α-hetero) is 1. The number of rotatable bonds is 6. The Labute approximate surface area is 164 Å². The Balaban J connectivity index is 1.87. The zero-order chi connectivity index (χ0) is 20.3. The molecule has 0 saturated carbocycles. The highest BCUT2D eigenvalue weighted by molar-refractivity contribution is 8.00. The fourth-order valence-electron chi connectivity index (χ4n) is 2.67. The van der Waals surface area contributed by atoms with Gasteiger partial charge in [-0.15, -0.1) is 0 Å². The molecule has 0 saturated heterocycles. The van der Waals surface area contributed by atoms with Gasteiger partial charge < -0.3 is 4.74 Å². The Morgan fingerprint density at radius 1 is 1.36 bits per heavy atom. The summed E-state index contributed by atoms with van der Waals surface area (Å²) in [6.07, 6.45) is 0. The summed E-state index contributed by atoms with van der Waals surface area (Å²) < 4.78 is 11.2. The molecular weight excluding hydrogens is 380 g/mol. The van der Waals surface area contributed by atoms with Crippen LogP contribution in [0.25, 0.3) is 5.69 Å². The third-order valence-corrected chi connectivity index (χ3v) is 4.98. The van der Waals surface area contributed by atoms with E-state index < -0.39 is 11.4 Å². The maximum Gasteiger partial charge on any atom is 0.438 e. The van der Waals surface area contributed by atoms with Crippen molar-refractivity contribution in [3.63, 3.8) is 0 Å². The second kappa shape index (κ2) is 8.10. The molecule has 1 N–H and O–H groups in total. The van der Waals surface area contributed by atoms with Crippen molar-refractivity contribution in [2.24, 2.45) is 0 Å². The number of carbonyl (C=O) groups excluding carboxylic acids is 1. The van der Waals surface area contributed by atoms with E-state index in [4.69, 9.17) is 9.26 Å². The first-order chi connectivity index (χ1) is 13.4. The van der Waals surface area contributed by atoms with Gasteiger partial charge in [-0.05, 0) is 47.6 Å². The molecule has 28 heavy (non-hydrogen) atoms. The number of benzene rings is 1. The van der Waals surface area contributed by atoms with E-state index in [0.717, 1.165) is 23.0 Å². The third kappa shape index (κ3) is 3.82. The second-order valence-electron chi connectivity index (χ2n) is 5.95. The van der Waals surface area contributed by atoms with E-state index in [0.29, 0.717) is 22.0 Å². The Bertz CT molecular complexity index is 1130. The minimum Gasteiger partial charge on any atom is -0.497 e. The van der Waals surface area contributed by atoms with E-state index in [1.165, 1.54) is 4.68 Å². The van der Waals surface area contributed by atoms with Crippen LogP contribution in [0.2, 0.25) is 0 Å². The van der Waals surface area contributed by atoms with Gasteiger partial charge in [-0.25, -0.2) is 9.78 Å². The van der Waals surface area contributed by atoms with Gasteiger partial charge in [0.15, 0.2) is 0 Å². The number of nitrogens with one attached hydrogen (secondary N) is 1. The molecule has 0 atom stereocenters. The fraction of sp³-hybridized carbons (Fsp3) is 0.211. The van der Waals surface area contributed by atoms with Crippen LogP contribution in [0.15, 0.2) is 44.7 Å². The molecule has 0 unspecified atom stereocenters. The average molecular weight is 397 g/mol. The fourth-order valence-corrected chi connectivity index (χ4v) is 3.63. The molecule has 8 nitrogen and oxygen atoms in total. The zero-order valence-electron chi connectivity index (χ0n) is 15.5. The van der Waals surface area contributed by atoms with Gasteiger partial charge in [-0.2, -0.15) is 5.26 Å². The average Bonchev–Trinajstić information content (AvgIpc) is 3.07. The molecule has 3 aromatic rings. The number of nitriles is 1. The largest absolute Gasteiger partial charge is 0.497 e. The van der Waals surface area contributed by atoms with Gasteiger partial charge >= 0.3 is 11.3 Å². The van der Waals surface area contributed by atoms with E-state index in [1.54, 1.807) is 31.4 Å². The standard InChI is InChI=1S/C19H16N4O4S/c1-11-8-12(2)21-18(15(11)9-20)28-10-16(24)17-19(25)27-22-23(17)13-4-6-14(26-3)7-5-13/h4-8H,10H2,1-3H3/p+1. The van der Waals surface area contributed by atoms with Crippen molar-refractivity contribution in [3.05, 3.63) is 63.3 Å². The van der Waals surface area contributed by atoms with Gasteiger partial charge in [-0.3, -0.25) is 9.32 Å². The normalized spacial score (nSPS) is 10.5. The number of pyridine rings is 1. The summed E-state index contributed by atoms with van der Waals surface area (Å²) >= 11 is 1.11. The Morgan fingerprint density at radius 3 is 2.71 bits per heavy atom. The highest BCUT2D eigenvalue weighted by Crippen LogP contribution is 2.24. The maximum absolute atomic E-state index is 12.7. The number of methoxy groups -OCH3 is 1. The van der Waals surface area contributed by atoms with Crippen molar-refractivity contribution in [1.82, 2.24) is 10.3 Å². The van der Waals surface area contributed by atoms with E-state index in [9.17, 15) is 14.9 Å². The van der Waals surface area contributed by atoms with Gasteiger partial charge in [0.05, 0.1) is 18.4 Å². The first-order valence-corrected chi connectivity index (χ1v) is 9.25. The van der Waals surface area contributed by atoms with Crippen LogP contribution in [0.1, 0.15) is 27.3 Å². The predicted molar refractivity (Wildman–Crippen MR) is 101 cm³/mol. The lowest BCUT2D eigenvalue weighted by atomic mass is 10.1. The smallest absolute Gasteiger partial charge is 0.438 e. The number of ether oxygens (including phenoxy) is 1. The van der Waals surface area contributed by atoms with Crippen LogP contribution in [0.3, 0.4) is 0 Å². The molecule has 0 spiro atoms. The number of hydrogen-bond acceptors (Lipinski definition) is 7. The highest BCUT2D eigenvalue weighted by atomic mass is 32.2. The van der Waals surface area contributed by atoms with Crippen LogP contribution in [-0.4, -0.2) is 28.9 Å². The predicted octanol–water partition coefficient (Wildman–Crippen LogP) is 2.11. The number of aromatic amines is 1. The van der Waals surface area contributed by atoms with Gasteiger partial charge in [0.2, 0.25) is 11.5 Å². The number of ketones is 1. The summed E-state index contributed by atoms with van der Waals surface area (Å²) in [7, 11) is 1.55. The molecule has 1 aromatic carbocycles. The van der Waals surface area contributed by atoms with Crippen molar-refractivity contribution in [2.45, 2.75) is 18.9 Å². The molecule has 0 aliphatic heterocycles. The Hall–Kier alpha value is -3.38. The molecule has 0 aliphatic carbocycles. The molecule has 9 heteroatoms. The van der Waals surface area contributed by atoms with Crippen molar-refractivity contribution in [1.29, 1.82) is 5.26 Å². The molecule has 142 valence electrons. The molecule has 0 fully saturated rings.